The lowest BCUT2D eigenvalue weighted by Crippen LogP contribution is -2.37. The minimum atomic E-state index is -3.78. The van der Waals surface area contributed by atoms with Crippen LogP contribution in [0.2, 0.25) is 0 Å². The molecule has 0 radical (unpaired) electrons. The molecule has 1 atom stereocenters. The smallest absolute Gasteiger partial charge is 0.238 e. The van der Waals surface area contributed by atoms with Gasteiger partial charge in [0.1, 0.15) is 18.3 Å². The fourth-order valence-corrected chi connectivity index (χ4v) is 3.30. The Bertz CT molecular complexity index is 682. The second-order valence-corrected chi connectivity index (χ2v) is 7.03. The van der Waals surface area contributed by atoms with Gasteiger partial charge in [-0.15, -0.1) is 0 Å². The average Bonchev–Trinajstić information content (AvgIpc) is 3.17. The molecule has 21 heavy (non-hydrogen) atoms. The summed E-state index contributed by atoms with van der Waals surface area (Å²) in [5, 5.41) is 5.15. The summed E-state index contributed by atoms with van der Waals surface area (Å²) in [6.45, 7) is 2.86. The summed E-state index contributed by atoms with van der Waals surface area (Å²) in [6.07, 6.45) is 2.08. The molecule has 2 N–H and O–H groups in total. The number of sulfonamides is 1. The Morgan fingerprint density at radius 3 is 2.71 bits per heavy atom. The zero-order valence-corrected chi connectivity index (χ0v) is 12.6. The number of carbonyl (C=O) groups excluding carboxylic acids is 1. The van der Waals surface area contributed by atoms with Crippen LogP contribution in [-0.2, 0) is 14.8 Å². The maximum absolute atomic E-state index is 12.6. The van der Waals surface area contributed by atoms with Gasteiger partial charge in [0, 0.05) is 18.2 Å². The number of rotatable bonds is 4. The van der Waals surface area contributed by atoms with Gasteiger partial charge in [-0.05, 0) is 38.0 Å². The molecule has 1 aromatic carbocycles. The summed E-state index contributed by atoms with van der Waals surface area (Å²) in [7, 11) is -3.78. The van der Waals surface area contributed by atoms with Gasteiger partial charge < -0.3 is 9.64 Å². The van der Waals surface area contributed by atoms with Crippen LogP contribution in [0.5, 0.6) is 5.75 Å². The van der Waals surface area contributed by atoms with Crippen LogP contribution >= 0.6 is 0 Å². The van der Waals surface area contributed by atoms with Crippen LogP contribution in [0.1, 0.15) is 31.2 Å². The van der Waals surface area contributed by atoms with Gasteiger partial charge in [-0.1, -0.05) is 0 Å². The third-order valence-corrected chi connectivity index (χ3v) is 4.91. The number of ether oxygens (including phenoxy) is 1. The van der Waals surface area contributed by atoms with Crippen LogP contribution in [0.3, 0.4) is 0 Å². The Kier molecular flexibility index (Phi) is 3.41. The molecule has 1 aromatic rings. The number of likely N-dealkylation sites (N-methyl/N-ethyl adjacent to an activating group) is 1. The monoisotopic (exact) mass is 310 g/mol. The highest BCUT2D eigenvalue weighted by molar-refractivity contribution is 7.89. The van der Waals surface area contributed by atoms with Gasteiger partial charge in [0.2, 0.25) is 15.9 Å². The van der Waals surface area contributed by atoms with Gasteiger partial charge in [0.05, 0.1) is 4.90 Å². The summed E-state index contributed by atoms with van der Waals surface area (Å²) in [4.78, 5) is 14.5. The van der Waals surface area contributed by atoms with Crippen LogP contribution < -0.4 is 9.88 Å². The lowest BCUT2D eigenvalue weighted by atomic mass is 9.99. The van der Waals surface area contributed by atoms with Crippen LogP contribution in [0.25, 0.3) is 0 Å². The fourth-order valence-electron chi connectivity index (χ4n) is 2.75. The first kappa shape index (κ1) is 14.3. The molecule has 114 valence electrons. The Labute approximate surface area is 123 Å². The zero-order chi connectivity index (χ0) is 15.2. The van der Waals surface area contributed by atoms with Gasteiger partial charge in [0.25, 0.3) is 0 Å². The second-order valence-electron chi connectivity index (χ2n) is 5.46. The number of fused-ring (bicyclic) bond motifs is 1. The molecule has 0 aromatic heterocycles. The summed E-state index contributed by atoms with van der Waals surface area (Å²) in [5.41, 5.74) is 0.616. The summed E-state index contributed by atoms with van der Waals surface area (Å²) in [5.74, 6) is 0.125. The maximum Gasteiger partial charge on any atom is 0.238 e. The summed E-state index contributed by atoms with van der Waals surface area (Å²) >= 11 is 0. The van der Waals surface area contributed by atoms with Gasteiger partial charge in [-0.25, -0.2) is 13.6 Å². The second kappa shape index (κ2) is 4.99. The minimum absolute atomic E-state index is 0.00493. The molecule has 0 spiro atoms. The summed E-state index contributed by atoms with van der Waals surface area (Å²) < 4.78 is 28.4. The topological polar surface area (TPSA) is 89.7 Å². The van der Waals surface area contributed by atoms with Gasteiger partial charge in [-0.2, -0.15) is 0 Å². The molecule has 1 heterocycles. The average molecular weight is 310 g/mol. The highest BCUT2D eigenvalue weighted by Crippen LogP contribution is 2.38. The van der Waals surface area contributed by atoms with Crippen molar-refractivity contribution in [2.24, 2.45) is 5.14 Å². The molecule has 1 fully saturated rings. The highest BCUT2D eigenvalue weighted by atomic mass is 32.2. The maximum atomic E-state index is 12.6. The number of hydrogen-bond acceptors (Lipinski definition) is 4. The van der Waals surface area contributed by atoms with E-state index in [9.17, 15) is 13.2 Å². The van der Waals surface area contributed by atoms with E-state index in [1.54, 1.807) is 6.07 Å². The molecule has 3 rings (SSSR count). The van der Waals surface area contributed by atoms with Crippen molar-refractivity contribution in [2.75, 3.05) is 13.2 Å². The Hall–Kier alpha value is -1.60. The van der Waals surface area contributed by atoms with E-state index in [4.69, 9.17) is 9.88 Å². The predicted molar refractivity (Wildman–Crippen MR) is 76.5 cm³/mol. The molecule has 1 unspecified atom stereocenters. The number of benzene rings is 1. The first-order valence-electron chi connectivity index (χ1n) is 7.02. The zero-order valence-electron chi connectivity index (χ0n) is 11.8. The molecule has 2 aliphatic rings. The number of primary sulfonamides is 1. The lowest BCUT2D eigenvalue weighted by molar-refractivity contribution is -0.133. The Morgan fingerprint density at radius 2 is 2.14 bits per heavy atom. The Balaban J connectivity index is 1.93. The minimum Gasteiger partial charge on any atom is -0.492 e. The van der Waals surface area contributed by atoms with Crippen molar-refractivity contribution in [2.45, 2.75) is 36.6 Å². The van der Waals surface area contributed by atoms with Crippen molar-refractivity contribution in [1.29, 1.82) is 0 Å². The number of carbonyl (C=O) groups is 1. The van der Waals surface area contributed by atoms with E-state index >= 15 is 0 Å². The van der Waals surface area contributed by atoms with Gasteiger partial charge >= 0.3 is 0 Å². The van der Waals surface area contributed by atoms with Crippen LogP contribution in [0, 0.1) is 0 Å². The fraction of sp³-hybridized carbons (Fsp3) is 0.500. The molecular formula is C14H18N2O4S. The molecule has 0 saturated heterocycles. The van der Waals surface area contributed by atoms with Crippen molar-refractivity contribution in [1.82, 2.24) is 4.90 Å². The third kappa shape index (κ3) is 2.63. The molecule has 0 bridgehead atoms. The molecule has 6 nitrogen and oxygen atoms in total. The van der Waals surface area contributed by atoms with E-state index in [1.165, 1.54) is 12.1 Å². The molecule has 1 aliphatic carbocycles. The first-order valence-corrected chi connectivity index (χ1v) is 8.56. The van der Waals surface area contributed by atoms with Crippen molar-refractivity contribution in [3.05, 3.63) is 23.8 Å². The number of hydrogen-bond donors (Lipinski definition) is 1. The van der Waals surface area contributed by atoms with E-state index in [1.807, 2.05) is 11.8 Å². The van der Waals surface area contributed by atoms with E-state index in [0.29, 0.717) is 23.9 Å². The Morgan fingerprint density at radius 1 is 1.43 bits per heavy atom. The molecule has 1 saturated carbocycles. The number of nitrogens with zero attached hydrogens (tertiary/aromatic N) is 1. The number of nitrogens with two attached hydrogens (primary N) is 1. The normalized spacial score (nSPS) is 20.8. The van der Waals surface area contributed by atoms with Crippen LogP contribution in [0.15, 0.2) is 23.1 Å². The standard InChI is InChI=1S/C14H18N2O4S/c1-2-16(9-3-4-9)14(17)12-8-20-13-6-5-10(7-11(12)13)21(15,18)19/h5-7,9,12H,2-4,8H2,1H3,(H2,15,18,19). The SMILES string of the molecule is CCN(C(=O)C1COc2ccc(S(N)(=O)=O)cc21)C1CC1. The third-order valence-electron chi connectivity index (χ3n) is 4.00. The van der Waals surface area contributed by atoms with Crippen molar-refractivity contribution < 1.29 is 17.9 Å². The molecule has 7 heteroatoms. The number of amides is 1. The van der Waals surface area contributed by atoms with E-state index < -0.39 is 15.9 Å². The van der Waals surface area contributed by atoms with Gasteiger partial charge in [-0.3, -0.25) is 4.79 Å². The molecular weight excluding hydrogens is 292 g/mol. The molecule has 1 amide bonds. The highest BCUT2D eigenvalue weighted by Gasteiger charge is 2.39. The largest absolute Gasteiger partial charge is 0.492 e. The van der Waals surface area contributed by atoms with Crippen molar-refractivity contribution >= 4 is 15.9 Å². The van der Waals surface area contributed by atoms with Crippen molar-refractivity contribution in [3.63, 3.8) is 0 Å². The van der Waals surface area contributed by atoms with Crippen molar-refractivity contribution in [3.8, 4) is 5.75 Å². The predicted octanol–water partition coefficient (Wildman–Crippen LogP) is 0.821. The molecule has 1 aliphatic heterocycles. The van der Waals surface area contributed by atoms with Gasteiger partial charge in [0.15, 0.2) is 0 Å². The quantitative estimate of drug-likeness (QED) is 0.891. The van der Waals surface area contributed by atoms with E-state index in [-0.39, 0.29) is 17.4 Å². The summed E-state index contributed by atoms with van der Waals surface area (Å²) in [6, 6.07) is 4.75. The lowest BCUT2D eigenvalue weighted by Gasteiger charge is -2.23. The van der Waals surface area contributed by atoms with E-state index in [2.05, 4.69) is 0 Å². The first-order chi connectivity index (χ1) is 9.91. The van der Waals surface area contributed by atoms with E-state index in [0.717, 1.165) is 12.8 Å². The van der Waals surface area contributed by atoms with Crippen LogP contribution in [-0.4, -0.2) is 38.4 Å². The van der Waals surface area contributed by atoms with Crippen LogP contribution in [0.4, 0.5) is 0 Å².